The van der Waals surface area contributed by atoms with E-state index in [1.807, 2.05) is 24.3 Å². The van der Waals surface area contributed by atoms with Gasteiger partial charge in [-0.25, -0.2) is 8.42 Å². The molecule has 0 saturated carbocycles. The highest BCUT2D eigenvalue weighted by Crippen LogP contribution is 2.26. The number of benzene rings is 1. The average molecular weight is 393 g/mol. The summed E-state index contributed by atoms with van der Waals surface area (Å²) in [5.41, 5.74) is 1.30. The van der Waals surface area contributed by atoms with Crippen molar-refractivity contribution >= 4 is 26.9 Å². The minimum absolute atomic E-state index is 0.0291. The lowest BCUT2D eigenvalue weighted by atomic mass is 10.0. The predicted molar refractivity (Wildman–Crippen MR) is 98.6 cm³/mol. The first-order valence-corrected chi connectivity index (χ1v) is 11.0. The number of aromatic nitrogens is 1. The fraction of sp³-hybridized carbons (Fsp3) is 0.556. The third kappa shape index (κ3) is 3.71. The Morgan fingerprint density at radius 1 is 1.22 bits per heavy atom. The van der Waals surface area contributed by atoms with Crippen molar-refractivity contribution in [1.29, 1.82) is 0 Å². The number of ether oxygens (including phenoxy) is 1. The lowest BCUT2D eigenvalue weighted by Crippen LogP contribution is -2.53. The number of fused-ring (bicyclic) bond motifs is 2. The van der Waals surface area contributed by atoms with Gasteiger partial charge in [0.15, 0.2) is 5.58 Å². The highest BCUT2D eigenvalue weighted by atomic mass is 32.2. The fourth-order valence-electron chi connectivity index (χ4n) is 4.03. The number of morpholine rings is 1. The van der Waals surface area contributed by atoms with E-state index < -0.39 is 10.0 Å². The van der Waals surface area contributed by atoms with Gasteiger partial charge in [0.2, 0.25) is 15.9 Å². The monoisotopic (exact) mass is 393 g/mol. The molecular weight excluding hydrogens is 370 g/mol. The molecule has 2 saturated heterocycles. The molecule has 8 nitrogen and oxygen atoms in total. The van der Waals surface area contributed by atoms with Crippen LogP contribution in [0.25, 0.3) is 11.0 Å². The van der Waals surface area contributed by atoms with E-state index in [-0.39, 0.29) is 24.5 Å². The van der Waals surface area contributed by atoms with Crippen molar-refractivity contribution in [2.75, 3.05) is 32.5 Å². The molecule has 0 bridgehead atoms. The molecule has 2 aliphatic heterocycles. The maximum atomic E-state index is 12.8. The molecule has 0 aliphatic carbocycles. The van der Waals surface area contributed by atoms with Gasteiger partial charge in [-0.3, -0.25) is 4.79 Å². The summed E-state index contributed by atoms with van der Waals surface area (Å²) in [7, 11) is -3.29. The van der Waals surface area contributed by atoms with Crippen LogP contribution in [0.5, 0.6) is 0 Å². The van der Waals surface area contributed by atoms with E-state index in [2.05, 4.69) is 5.16 Å². The molecular formula is C18H23N3O5S. The Labute approximate surface area is 158 Å². The number of carbonyl (C=O) groups is 1. The van der Waals surface area contributed by atoms with E-state index in [0.29, 0.717) is 50.4 Å². The number of nitrogens with zero attached hydrogens (tertiary/aromatic N) is 3. The van der Waals surface area contributed by atoms with Gasteiger partial charge in [0.1, 0.15) is 5.69 Å². The van der Waals surface area contributed by atoms with Gasteiger partial charge < -0.3 is 14.2 Å². The summed E-state index contributed by atoms with van der Waals surface area (Å²) in [4.78, 5) is 14.6. The molecule has 0 unspecified atom stereocenters. The number of rotatable bonds is 3. The van der Waals surface area contributed by atoms with Gasteiger partial charge in [0, 0.05) is 25.0 Å². The molecule has 2 atom stereocenters. The third-order valence-corrected chi connectivity index (χ3v) is 6.68. The SMILES string of the molecule is CS(=O)(=O)N1CCO[C@@H]2CCN(C(=O)Cc3noc4ccccc34)CC[C@H]21. The Morgan fingerprint density at radius 2 is 2.00 bits per heavy atom. The van der Waals surface area contributed by atoms with Crippen LogP contribution in [0.1, 0.15) is 18.5 Å². The molecule has 0 radical (unpaired) electrons. The zero-order valence-electron chi connectivity index (χ0n) is 15.2. The molecule has 1 aromatic heterocycles. The van der Waals surface area contributed by atoms with Crippen molar-refractivity contribution in [2.24, 2.45) is 0 Å². The topological polar surface area (TPSA) is 93.0 Å². The molecule has 27 heavy (non-hydrogen) atoms. The average Bonchev–Trinajstić information content (AvgIpc) is 2.91. The van der Waals surface area contributed by atoms with Gasteiger partial charge in [0.05, 0.1) is 31.4 Å². The van der Waals surface area contributed by atoms with Crippen molar-refractivity contribution in [1.82, 2.24) is 14.4 Å². The van der Waals surface area contributed by atoms with Crippen LogP contribution in [0.4, 0.5) is 0 Å². The number of likely N-dealkylation sites (tertiary alicyclic amines) is 1. The van der Waals surface area contributed by atoms with Crippen LogP contribution in [-0.4, -0.2) is 73.3 Å². The van der Waals surface area contributed by atoms with Crippen LogP contribution in [0.15, 0.2) is 28.8 Å². The van der Waals surface area contributed by atoms with Crippen molar-refractivity contribution in [3.63, 3.8) is 0 Å². The molecule has 146 valence electrons. The van der Waals surface area contributed by atoms with Gasteiger partial charge in [-0.2, -0.15) is 4.31 Å². The van der Waals surface area contributed by atoms with Gasteiger partial charge in [-0.1, -0.05) is 17.3 Å². The van der Waals surface area contributed by atoms with E-state index >= 15 is 0 Å². The fourth-order valence-corrected chi connectivity index (χ4v) is 5.17. The molecule has 0 spiro atoms. The van der Waals surface area contributed by atoms with E-state index in [0.717, 1.165) is 5.39 Å². The predicted octanol–water partition coefficient (Wildman–Crippen LogP) is 1.02. The molecule has 2 aliphatic rings. The van der Waals surface area contributed by atoms with Gasteiger partial charge in [-0.05, 0) is 25.0 Å². The first-order chi connectivity index (χ1) is 12.9. The molecule has 2 fully saturated rings. The summed E-state index contributed by atoms with van der Waals surface area (Å²) in [5, 5.41) is 4.88. The molecule has 4 rings (SSSR count). The Kier molecular flexibility index (Phi) is 4.92. The summed E-state index contributed by atoms with van der Waals surface area (Å²) in [6.45, 7) is 1.82. The smallest absolute Gasteiger partial charge is 0.228 e. The van der Waals surface area contributed by atoms with Crippen molar-refractivity contribution in [3.8, 4) is 0 Å². The molecule has 1 aromatic carbocycles. The zero-order chi connectivity index (χ0) is 19.0. The summed E-state index contributed by atoms with van der Waals surface area (Å²) in [6.07, 6.45) is 2.44. The van der Waals surface area contributed by atoms with Crippen LogP contribution >= 0.6 is 0 Å². The summed E-state index contributed by atoms with van der Waals surface area (Å²) in [5.74, 6) is -0.0291. The molecule has 9 heteroatoms. The van der Waals surface area contributed by atoms with E-state index in [9.17, 15) is 13.2 Å². The zero-order valence-corrected chi connectivity index (χ0v) is 16.0. The van der Waals surface area contributed by atoms with Crippen molar-refractivity contribution in [2.45, 2.75) is 31.4 Å². The van der Waals surface area contributed by atoms with Crippen LogP contribution in [0.3, 0.4) is 0 Å². The third-order valence-electron chi connectivity index (χ3n) is 5.37. The quantitative estimate of drug-likeness (QED) is 0.773. The maximum absolute atomic E-state index is 12.8. The highest BCUT2D eigenvalue weighted by molar-refractivity contribution is 7.88. The normalized spacial score (nSPS) is 24.6. The molecule has 1 amide bonds. The Hall–Kier alpha value is -1.97. The number of hydrogen-bond donors (Lipinski definition) is 0. The first-order valence-electron chi connectivity index (χ1n) is 9.13. The van der Waals surface area contributed by atoms with Crippen LogP contribution in [-0.2, 0) is 26.0 Å². The van der Waals surface area contributed by atoms with Crippen LogP contribution in [0.2, 0.25) is 0 Å². The van der Waals surface area contributed by atoms with Crippen molar-refractivity contribution < 1.29 is 22.5 Å². The first kappa shape index (κ1) is 18.4. The largest absolute Gasteiger partial charge is 0.375 e. The number of hydrogen-bond acceptors (Lipinski definition) is 6. The molecule has 3 heterocycles. The van der Waals surface area contributed by atoms with Gasteiger partial charge in [0.25, 0.3) is 0 Å². The van der Waals surface area contributed by atoms with Crippen LogP contribution in [0, 0.1) is 0 Å². The second-order valence-electron chi connectivity index (χ2n) is 7.11. The van der Waals surface area contributed by atoms with Gasteiger partial charge >= 0.3 is 0 Å². The van der Waals surface area contributed by atoms with Crippen LogP contribution < -0.4 is 0 Å². The Morgan fingerprint density at radius 3 is 2.81 bits per heavy atom. The minimum atomic E-state index is -3.29. The maximum Gasteiger partial charge on any atom is 0.228 e. The highest BCUT2D eigenvalue weighted by Gasteiger charge is 2.39. The number of sulfonamides is 1. The molecule has 2 aromatic rings. The van der Waals surface area contributed by atoms with Crippen molar-refractivity contribution in [3.05, 3.63) is 30.0 Å². The Bertz CT molecular complexity index is 941. The summed E-state index contributed by atoms with van der Waals surface area (Å²) >= 11 is 0. The standard InChI is InChI=1S/C18H23N3O5S/c1-27(23,24)21-10-11-25-17-7-9-20(8-6-15(17)21)18(22)12-14-13-4-2-3-5-16(13)26-19-14/h2-5,15,17H,6-12H2,1H3/t15-,17-/m1/s1. The van der Waals surface area contributed by atoms with E-state index in [1.54, 1.807) is 4.90 Å². The Balaban J connectivity index is 1.47. The second kappa shape index (κ2) is 7.21. The van der Waals surface area contributed by atoms with E-state index in [4.69, 9.17) is 9.26 Å². The lowest BCUT2D eigenvalue weighted by molar-refractivity contribution is -0.130. The number of para-hydroxylation sites is 1. The summed E-state index contributed by atoms with van der Waals surface area (Å²) in [6, 6.07) is 7.26. The number of carbonyl (C=O) groups excluding carboxylic acids is 1. The summed E-state index contributed by atoms with van der Waals surface area (Å²) < 4.78 is 36.8. The lowest BCUT2D eigenvalue weighted by Gasteiger charge is -2.38. The van der Waals surface area contributed by atoms with Gasteiger partial charge in [-0.15, -0.1) is 0 Å². The number of amides is 1. The minimum Gasteiger partial charge on any atom is -0.375 e. The van der Waals surface area contributed by atoms with E-state index in [1.165, 1.54) is 10.6 Å². The second-order valence-corrected chi connectivity index (χ2v) is 9.05. The molecule has 0 N–H and O–H groups in total.